The molecule has 2 aromatic carbocycles. The van der Waals surface area contributed by atoms with Crippen molar-refractivity contribution in [3.8, 4) is 0 Å². The maximum absolute atomic E-state index is 13.2. The van der Waals surface area contributed by atoms with Crippen LogP contribution in [0.25, 0.3) is 0 Å². The van der Waals surface area contributed by atoms with Crippen molar-refractivity contribution < 1.29 is 17.9 Å². The molecule has 0 radical (unpaired) electrons. The Balaban J connectivity index is 1.91. The molecule has 0 amide bonds. The van der Waals surface area contributed by atoms with Crippen molar-refractivity contribution in [1.82, 2.24) is 4.31 Å². The number of nitrogens with zero attached hydrogens (tertiary/aromatic N) is 1. The molecule has 0 saturated carbocycles. The summed E-state index contributed by atoms with van der Waals surface area (Å²) < 4.78 is 32.9. The van der Waals surface area contributed by atoms with Crippen LogP contribution in [0.1, 0.15) is 34.3 Å². The lowest BCUT2D eigenvalue weighted by atomic mass is 9.95. The smallest absolute Gasteiger partial charge is 0.338 e. The number of rotatable bonds is 5. The number of sulfonamides is 1. The van der Waals surface area contributed by atoms with Crippen molar-refractivity contribution in [3.05, 3.63) is 65.2 Å². The second kappa shape index (κ2) is 7.80. The molecule has 0 unspecified atom stereocenters. The van der Waals surface area contributed by atoms with Gasteiger partial charge in [0.1, 0.15) is 0 Å². The number of ether oxygens (including phenoxy) is 1. The Morgan fingerprint density at radius 2 is 1.89 bits per heavy atom. The van der Waals surface area contributed by atoms with Crippen molar-refractivity contribution in [2.45, 2.75) is 30.7 Å². The lowest BCUT2D eigenvalue weighted by molar-refractivity contribution is 0.0526. The number of aryl methyl sites for hydroxylation is 1. The van der Waals surface area contributed by atoms with E-state index >= 15 is 0 Å². The van der Waals surface area contributed by atoms with Crippen LogP contribution in [-0.4, -0.2) is 44.4 Å². The Morgan fingerprint density at radius 1 is 1.19 bits per heavy atom. The Bertz CT molecular complexity index is 928. The number of hydrogen-bond donors (Lipinski definition) is 1. The fraction of sp³-hybridized carbons (Fsp3) is 0.350. The molecule has 144 valence electrons. The van der Waals surface area contributed by atoms with Gasteiger partial charge in [-0.2, -0.15) is 4.31 Å². The van der Waals surface area contributed by atoms with Crippen LogP contribution in [0, 0.1) is 6.92 Å². The molecule has 0 aliphatic carbocycles. The first-order chi connectivity index (χ1) is 12.8. The molecule has 3 rings (SSSR count). The third-order valence-electron chi connectivity index (χ3n) is 4.88. The van der Waals surface area contributed by atoms with Gasteiger partial charge in [-0.3, -0.25) is 0 Å². The first-order valence-electron chi connectivity index (χ1n) is 8.93. The van der Waals surface area contributed by atoms with Crippen molar-refractivity contribution in [2.24, 2.45) is 5.73 Å². The lowest BCUT2D eigenvalue weighted by Gasteiger charge is -2.18. The molecule has 0 spiro atoms. The number of benzene rings is 2. The van der Waals surface area contributed by atoms with Gasteiger partial charge in [0.05, 0.1) is 17.1 Å². The minimum Gasteiger partial charge on any atom is -0.462 e. The summed E-state index contributed by atoms with van der Waals surface area (Å²) in [6.45, 7) is 4.21. The third kappa shape index (κ3) is 3.90. The van der Waals surface area contributed by atoms with Crippen LogP contribution in [0.5, 0.6) is 0 Å². The summed E-state index contributed by atoms with van der Waals surface area (Å²) in [7, 11) is -3.77. The van der Waals surface area contributed by atoms with Gasteiger partial charge >= 0.3 is 5.97 Å². The van der Waals surface area contributed by atoms with Crippen LogP contribution in [0.3, 0.4) is 0 Å². The highest BCUT2D eigenvalue weighted by atomic mass is 32.2. The van der Waals surface area contributed by atoms with Crippen molar-refractivity contribution in [2.75, 3.05) is 19.7 Å². The predicted molar refractivity (Wildman–Crippen MR) is 103 cm³/mol. The standard InChI is InChI=1S/C20H24N2O4S/c1-3-26-20(23)16-10-9-14(2)19(11-16)27(24,25)22-12-17(18(21)13-22)15-7-5-4-6-8-15/h4-11,17-18H,3,12-13,21H2,1-2H3/t17-,18+/m0/s1. The first kappa shape index (κ1) is 19.5. The van der Waals surface area contributed by atoms with Gasteiger partial charge in [0.25, 0.3) is 0 Å². The summed E-state index contributed by atoms with van der Waals surface area (Å²) >= 11 is 0. The summed E-state index contributed by atoms with van der Waals surface area (Å²) in [4.78, 5) is 12.1. The van der Waals surface area contributed by atoms with Crippen LogP contribution < -0.4 is 5.73 Å². The van der Waals surface area contributed by atoms with Crippen molar-refractivity contribution in [1.29, 1.82) is 0 Å². The molecular weight excluding hydrogens is 364 g/mol. The summed E-state index contributed by atoms with van der Waals surface area (Å²) in [6.07, 6.45) is 0. The van der Waals surface area contributed by atoms with Crippen molar-refractivity contribution >= 4 is 16.0 Å². The molecule has 1 fully saturated rings. The fourth-order valence-corrected chi connectivity index (χ4v) is 5.15. The van der Waals surface area contributed by atoms with Crippen LogP contribution >= 0.6 is 0 Å². The van der Waals surface area contributed by atoms with Gasteiger partial charge in [-0.25, -0.2) is 13.2 Å². The van der Waals surface area contributed by atoms with Gasteiger partial charge < -0.3 is 10.5 Å². The van der Waals surface area contributed by atoms with Gasteiger partial charge in [-0.05, 0) is 37.1 Å². The second-order valence-corrected chi connectivity index (χ2v) is 8.61. The SMILES string of the molecule is CCOC(=O)c1ccc(C)c(S(=O)(=O)N2C[C@@H](N)[C@H](c3ccccc3)C2)c1. The summed E-state index contributed by atoms with van der Waals surface area (Å²) in [5.74, 6) is -0.594. The largest absolute Gasteiger partial charge is 0.462 e. The van der Waals surface area contributed by atoms with Crippen LogP contribution in [0.15, 0.2) is 53.4 Å². The van der Waals surface area contributed by atoms with Gasteiger partial charge in [0.2, 0.25) is 10.0 Å². The minimum absolute atomic E-state index is 0.0606. The number of carbonyl (C=O) groups excluding carboxylic acids is 1. The maximum atomic E-state index is 13.2. The molecule has 6 nitrogen and oxygen atoms in total. The van der Waals surface area contributed by atoms with E-state index in [1.165, 1.54) is 10.4 Å². The molecule has 0 aromatic heterocycles. The zero-order chi connectivity index (χ0) is 19.6. The third-order valence-corrected chi connectivity index (χ3v) is 6.85. The van der Waals surface area contributed by atoms with E-state index in [1.807, 2.05) is 30.3 Å². The second-order valence-electron chi connectivity index (χ2n) is 6.70. The molecule has 0 bridgehead atoms. The Labute approximate surface area is 160 Å². The molecule has 1 heterocycles. The minimum atomic E-state index is -3.77. The van der Waals surface area contributed by atoms with Crippen molar-refractivity contribution in [3.63, 3.8) is 0 Å². The highest BCUT2D eigenvalue weighted by Gasteiger charge is 2.39. The highest BCUT2D eigenvalue weighted by molar-refractivity contribution is 7.89. The molecule has 1 aliphatic heterocycles. The molecule has 1 saturated heterocycles. The maximum Gasteiger partial charge on any atom is 0.338 e. The van der Waals surface area contributed by atoms with E-state index in [1.54, 1.807) is 26.0 Å². The Morgan fingerprint density at radius 3 is 2.56 bits per heavy atom. The average molecular weight is 388 g/mol. The molecule has 2 N–H and O–H groups in total. The monoisotopic (exact) mass is 388 g/mol. The number of hydrogen-bond acceptors (Lipinski definition) is 5. The van der Waals surface area contributed by atoms with E-state index in [4.69, 9.17) is 10.5 Å². The zero-order valence-electron chi connectivity index (χ0n) is 15.5. The summed E-state index contributed by atoms with van der Waals surface area (Å²) in [6, 6.07) is 14.0. The Hall–Kier alpha value is -2.22. The van der Waals surface area contributed by atoms with E-state index < -0.39 is 16.0 Å². The predicted octanol–water partition coefficient (Wildman–Crippen LogP) is 2.29. The fourth-order valence-electron chi connectivity index (χ4n) is 3.40. The molecule has 2 atom stereocenters. The Kier molecular flexibility index (Phi) is 5.64. The zero-order valence-corrected chi connectivity index (χ0v) is 16.3. The number of carbonyl (C=O) groups is 1. The van der Waals surface area contributed by atoms with Crippen LogP contribution in [0.4, 0.5) is 0 Å². The normalized spacial score (nSPS) is 20.6. The van der Waals surface area contributed by atoms with E-state index in [2.05, 4.69) is 0 Å². The van der Waals surface area contributed by atoms with Crippen LogP contribution in [-0.2, 0) is 14.8 Å². The van der Waals surface area contributed by atoms with Gasteiger partial charge in [0.15, 0.2) is 0 Å². The van der Waals surface area contributed by atoms with Gasteiger partial charge in [0, 0.05) is 25.0 Å². The molecule has 1 aliphatic rings. The number of nitrogens with two attached hydrogens (primary N) is 1. The summed E-state index contributed by atoms with van der Waals surface area (Å²) in [5.41, 5.74) is 8.09. The topological polar surface area (TPSA) is 89.7 Å². The van der Waals surface area contributed by atoms with E-state index in [0.717, 1.165) is 5.56 Å². The van der Waals surface area contributed by atoms with E-state index in [-0.39, 0.29) is 35.6 Å². The first-order valence-corrected chi connectivity index (χ1v) is 10.4. The molecule has 7 heteroatoms. The average Bonchev–Trinajstić information content (AvgIpc) is 3.05. The number of esters is 1. The molecular formula is C20H24N2O4S. The quantitative estimate of drug-likeness (QED) is 0.794. The highest BCUT2D eigenvalue weighted by Crippen LogP contribution is 2.31. The lowest BCUT2D eigenvalue weighted by Crippen LogP contribution is -2.32. The van der Waals surface area contributed by atoms with E-state index in [9.17, 15) is 13.2 Å². The molecule has 27 heavy (non-hydrogen) atoms. The van der Waals surface area contributed by atoms with Gasteiger partial charge in [-0.1, -0.05) is 36.4 Å². The molecule has 2 aromatic rings. The van der Waals surface area contributed by atoms with E-state index in [0.29, 0.717) is 12.1 Å². The van der Waals surface area contributed by atoms with Crippen LogP contribution in [0.2, 0.25) is 0 Å². The van der Waals surface area contributed by atoms with Gasteiger partial charge in [-0.15, -0.1) is 0 Å². The summed E-state index contributed by atoms with van der Waals surface area (Å²) in [5, 5.41) is 0.